The zero-order valence-electron chi connectivity index (χ0n) is 10.0. The first-order valence-corrected chi connectivity index (χ1v) is 6.68. The third-order valence-electron chi connectivity index (χ3n) is 2.25. The first kappa shape index (κ1) is 14.2. The van der Waals surface area contributed by atoms with Gasteiger partial charge in [-0.25, -0.2) is 9.78 Å². The Kier molecular flexibility index (Phi) is 4.49. The van der Waals surface area contributed by atoms with E-state index in [9.17, 15) is 9.59 Å². The number of aromatic nitrogens is 1. The highest BCUT2D eigenvalue weighted by atomic mass is 35.5. The summed E-state index contributed by atoms with van der Waals surface area (Å²) in [4.78, 5) is 27.0. The minimum atomic E-state index is -1.06. The monoisotopic (exact) mass is 308 g/mol. The highest BCUT2D eigenvalue weighted by Crippen LogP contribution is 2.22. The molecule has 0 aromatic carbocycles. The van der Waals surface area contributed by atoms with Gasteiger partial charge >= 0.3 is 5.97 Å². The molecule has 2 heterocycles. The predicted octanol–water partition coefficient (Wildman–Crippen LogP) is 3.15. The number of halogens is 1. The number of thiophene rings is 1. The van der Waals surface area contributed by atoms with Crippen molar-refractivity contribution in [2.24, 2.45) is 0 Å². The molecule has 0 saturated carbocycles. The molecule has 2 aromatic rings. The number of rotatable bonds is 4. The number of nitrogens with zero attached hydrogens (tertiary/aromatic N) is 1. The molecule has 7 heteroatoms. The summed E-state index contributed by atoms with van der Waals surface area (Å²) >= 11 is 7.13. The number of nitrogens with one attached hydrogen (secondary N) is 1. The van der Waals surface area contributed by atoms with Gasteiger partial charge in [-0.15, -0.1) is 11.3 Å². The van der Waals surface area contributed by atoms with Crippen LogP contribution in [-0.4, -0.2) is 22.0 Å². The van der Waals surface area contributed by atoms with Gasteiger partial charge in [0.1, 0.15) is 5.82 Å². The average Bonchev–Trinajstić information content (AvgIpc) is 2.83. The van der Waals surface area contributed by atoms with Crippen molar-refractivity contribution in [3.8, 4) is 0 Å². The molecule has 0 spiro atoms. The summed E-state index contributed by atoms with van der Waals surface area (Å²) in [5, 5.41) is 11.2. The van der Waals surface area contributed by atoms with Gasteiger partial charge in [-0.1, -0.05) is 11.6 Å². The van der Waals surface area contributed by atoms with E-state index in [-0.39, 0.29) is 17.3 Å². The number of hydrogen-bond acceptors (Lipinski definition) is 4. The highest BCUT2D eigenvalue weighted by Gasteiger charge is 2.04. The molecule has 0 aliphatic carbocycles. The highest BCUT2D eigenvalue weighted by molar-refractivity contribution is 7.17. The number of aromatic carboxylic acids is 1. The maximum Gasteiger partial charge on any atom is 0.337 e. The number of carboxylic acid groups (broad SMARTS) is 1. The predicted molar refractivity (Wildman–Crippen MR) is 78.2 cm³/mol. The summed E-state index contributed by atoms with van der Waals surface area (Å²) in [7, 11) is 0. The van der Waals surface area contributed by atoms with Crippen LogP contribution in [0.3, 0.4) is 0 Å². The molecule has 0 bridgehead atoms. The minimum Gasteiger partial charge on any atom is -0.478 e. The van der Waals surface area contributed by atoms with Crippen LogP contribution in [0.5, 0.6) is 0 Å². The molecule has 0 radical (unpaired) electrons. The molecule has 1 amide bonds. The lowest BCUT2D eigenvalue weighted by Gasteiger charge is -2.01. The average molecular weight is 309 g/mol. The summed E-state index contributed by atoms with van der Waals surface area (Å²) in [6, 6.07) is 6.34. The lowest BCUT2D eigenvalue weighted by molar-refractivity contribution is -0.111. The smallest absolute Gasteiger partial charge is 0.337 e. The maximum absolute atomic E-state index is 11.6. The lowest BCUT2D eigenvalue weighted by atomic mass is 10.3. The summed E-state index contributed by atoms with van der Waals surface area (Å²) in [5.74, 6) is -1.14. The van der Waals surface area contributed by atoms with Gasteiger partial charge in [0.2, 0.25) is 5.91 Å². The molecule has 5 nitrogen and oxygen atoms in total. The van der Waals surface area contributed by atoms with Gasteiger partial charge < -0.3 is 10.4 Å². The molecule has 20 heavy (non-hydrogen) atoms. The second kappa shape index (κ2) is 6.31. The Morgan fingerprint density at radius 3 is 2.65 bits per heavy atom. The van der Waals surface area contributed by atoms with Crippen molar-refractivity contribution in [1.29, 1.82) is 0 Å². The molecular formula is C13H9ClN2O3S. The molecule has 102 valence electrons. The Bertz CT molecular complexity index is 665. The van der Waals surface area contributed by atoms with Crippen LogP contribution in [0.2, 0.25) is 4.34 Å². The zero-order chi connectivity index (χ0) is 14.5. The Labute approximate surface area is 123 Å². The summed E-state index contributed by atoms with van der Waals surface area (Å²) in [5.41, 5.74) is 0.0618. The van der Waals surface area contributed by atoms with Crippen LogP contribution in [0, 0.1) is 0 Å². The molecule has 0 saturated heterocycles. The van der Waals surface area contributed by atoms with Crippen molar-refractivity contribution < 1.29 is 14.7 Å². The number of carbonyl (C=O) groups excluding carboxylic acids is 1. The number of carbonyl (C=O) groups is 2. The molecule has 0 aliphatic rings. The number of hydrogen-bond donors (Lipinski definition) is 2. The Morgan fingerprint density at radius 1 is 1.30 bits per heavy atom. The van der Waals surface area contributed by atoms with E-state index >= 15 is 0 Å². The normalized spacial score (nSPS) is 10.7. The van der Waals surface area contributed by atoms with Gasteiger partial charge in [0.05, 0.1) is 9.90 Å². The molecule has 0 unspecified atom stereocenters. The van der Waals surface area contributed by atoms with Crippen LogP contribution in [0.1, 0.15) is 15.2 Å². The van der Waals surface area contributed by atoms with Crippen molar-refractivity contribution in [2.75, 3.05) is 5.32 Å². The second-order valence-corrected chi connectivity index (χ2v) is 5.45. The van der Waals surface area contributed by atoms with E-state index in [1.165, 1.54) is 35.7 Å². The minimum absolute atomic E-state index is 0.0618. The molecule has 0 fully saturated rings. The topological polar surface area (TPSA) is 79.3 Å². The first-order chi connectivity index (χ1) is 9.54. The molecule has 2 rings (SSSR count). The fraction of sp³-hybridized carbons (Fsp3) is 0. The Balaban J connectivity index is 1.97. The van der Waals surface area contributed by atoms with E-state index in [4.69, 9.17) is 16.7 Å². The van der Waals surface area contributed by atoms with Crippen molar-refractivity contribution in [2.45, 2.75) is 0 Å². The van der Waals surface area contributed by atoms with Gasteiger partial charge in [0.15, 0.2) is 0 Å². The van der Waals surface area contributed by atoms with Gasteiger partial charge in [-0.2, -0.15) is 0 Å². The second-order valence-electron chi connectivity index (χ2n) is 3.70. The van der Waals surface area contributed by atoms with E-state index in [1.54, 1.807) is 18.2 Å². The van der Waals surface area contributed by atoms with E-state index in [1.807, 2.05) is 0 Å². The van der Waals surface area contributed by atoms with Crippen LogP contribution in [-0.2, 0) is 4.79 Å². The van der Waals surface area contributed by atoms with Crippen LogP contribution >= 0.6 is 22.9 Å². The third-order valence-corrected chi connectivity index (χ3v) is 3.45. The number of anilines is 1. The summed E-state index contributed by atoms with van der Waals surface area (Å²) in [6.45, 7) is 0. The fourth-order valence-electron chi connectivity index (χ4n) is 1.34. The van der Waals surface area contributed by atoms with Crippen molar-refractivity contribution in [3.05, 3.63) is 51.3 Å². The van der Waals surface area contributed by atoms with E-state index in [0.29, 0.717) is 4.34 Å². The SMILES string of the molecule is O=C(C=Cc1ccc(Cl)s1)Nc1ccc(C(=O)O)cn1. The van der Waals surface area contributed by atoms with Crippen molar-refractivity contribution in [3.63, 3.8) is 0 Å². The van der Waals surface area contributed by atoms with Gasteiger partial charge in [-0.3, -0.25) is 4.79 Å². The van der Waals surface area contributed by atoms with Gasteiger partial charge in [0, 0.05) is 17.2 Å². The maximum atomic E-state index is 11.6. The molecule has 0 aliphatic heterocycles. The van der Waals surface area contributed by atoms with Crippen molar-refractivity contribution in [1.82, 2.24) is 4.98 Å². The number of amides is 1. The van der Waals surface area contributed by atoms with E-state index in [2.05, 4.69) is 10.3 Å². The van der Waals surface area contributed by atoms with Gasteiger partial charge in [0.25, 0.3) is 0 Å². The van der Waals surface area contributed by atoms with Crippen LogP contribution < -0.4 is 5.32 Å². The van der Waals surface area contributed by atoms with Crippen LogP contribution in [0.4, 0.5) is 5.82 Å². The third kappa shape index (κ3) is 3.91. The molecular weight excluding hydrogens is 300 g/mol. The van der Waals surface area contributed by atoms with Crippen LogP contribution in [0.15, 0.2) is 36.5 Å². The molecule has 0 atom stereocenters. The largest absolute Gasteiger partial charge is 0.478 e. The quantitative estimate of drug-likeness (QED) is 0.850. The van der Waals surface area contributed by atoms with Gasteiger partial charge in [-0.05, 0) is 30.3 Å². The summed E-state index contributed by atoms with van der Waals surface area (Å²) in [6.07, 6.45) is 4.17. The van der Waals surface area contributed by atoms with Crippen molar-refractivity contribution >= 4 is 46.7 Å². The Morgan fingerprint density at radius 2 is 2.10 bits per heavy atom. The number of pyridine rings is 1. The van der Waals surface area contributed by atoms with E-state index in [0.717, 1.165) is 4.88 Å². The number of carboxylic acids is 1. The molecule has 2 aromatic heterocycles. The van der Waals surface area contributed by atoms with Crippen LogP contribution in [0.25, 0.3) is 6.08 Å². The fourth-order valence-corrected chi connectivity index (χ4v) is 2.30. The summed E-state index contributed by atoms with van der Waals surface area (Å²) < 4.78 is 0.649. The Hall–Kier alpha value is -2.18. The lowest BCUT2D eigenvalue weighted by Crippen LogP contribution is -2.09. The standard InChI is InChI=1S/C13H9ClN2O3S/c14-10-4-2-9(20-10)3-6-12(17)16-11-5-1-8(7-15-11)13(18)19/h1-7H,(H,18,19)(H,15,16,17). The zero-order valence-corrected chi connectivity index (χ0v) is 11.6. The van der Waals surface area contributed by atoms with E-state index < -0.39 is 5.97 Å². The first-order valence-electron chi connectivity index (χ1n) is 5.48. The molecule has 2 N–H and O–H groups in total.